The largest absolute Gasteiger partial charge is 0.493 e. The van der Waals surface area contributed by atoms with Crippen LogP contribution in [0.5, 0.6) is 11.5 Å². The molecule has 0 fully saturated rings. The van der Waals surface area contributed by atoms with Crippen molar-refractivity contribution >= 4 is 40.1 Å². The van der Waals surface area contributed by atoms with E-state index in [1.54, 1.807) is 29.5 Å². The van der Waals surface area contributed by atoms with E-state index in [9.17, 15) is 9.59 Å². The smallest absolute Gasteiger partial charge is 0.319 e. The van der Waals surface area contributed by atoms with Gasteiger partial charge in [-0.05, 0) is 48.4 Å². The number of aliphatic carboxylic acids is 1. The zero-order valence-corrected chi connectivity index (χ0v) is 17.7. The maximum absolute atomic E-state index is 12.7. The van der Waals surface area contributed by atoms with E-state index in [0.717, 1.165) is 18.2 Å². The summed E-state index contributed by atoms with van der Waals surface area (Å²) in [6, 6.07) is 7.09. The van der Waals surface area contributed by atoms with Gasteiger partial charge in [-0.15, -0.1) is 0 Å². The van der Waals surface area contributed by atoms with Crippen LogP contribution in [0.3, 0.4) is 0 Å². The molecule has 0 spiro atoms. The van der Waals surface area contributed by atoms with Crippen LogP contribution in [0.4, 0.5) is 0 Å². The van der Waals surface area contributed by atoms with Crippen molar-refractivity contribution in [2.24, 2.45) is 4.99 Å². The summed E-state index contributed by atoms with van der Waals surface area (Å²) in [5.74, 6) is -0.272. The van der Waals surface area contributed by atoms with E-state index in [-0.39, 0.29) is 18.6 Å². The topological polar surface area (TPSA) is 97.2 Å². The van der Waals surface area contributed by atoms with Gasteiger partial charge in [0, 0.05) is 18.1 Å². The normalized spacial score (nSPS) is 15.8. The fourth-order valence-electron chi connectivity index (χ4n) is 2.59. The lowest BCUT2D eigenvalue weighted by molar-refractivity contribution is -0.136. The Morgan fingerprint density at radius 3 is 2.76 bits per heavy atom. The Kier molecular flexibility index (Phi) is 7.16. The molecule has 1 aromatic heterocycles. The van der Waals surface area contributed by atoms with Crippen LogP contribution in [0.15, 0.2) is 40.0 Å². The van der Waals surface area contributed by atoms with E-state index < -0.39 is 11.2 Å². The number of amides is 1. The number of carbonyl (C=O) groups excluding carboxylic acids is 1. The molecular weight excluding hydrogens is 412 g/mol. The molecule has 2 N–H and O–H groups in total. The van der Waals surface area contributed by atoms with Gasteiger partial charge >= 0.3 is 5.97 Å². The van der Waals surface area contributed by atoms with Crippen molar-refractivity contribution in [3.8, 4) is 11.5 Å². The van der Waals surface area contributed by atoms with Crippen LogP contribution in [0.2, 0.25) is 0 Å². The van der Waals surface area contributed by atoms with Gasteiger partial charge in [0.15, 0.2) is 5.17 Å². The quantitative estimate of drug-likeness (QED) is 0.661. The van der Waals surface area contributed by atoms with Crippen molar-refractivity contribution in [1.82, 2.24) is 5.32 Å². The number of carboxylic acid groups (broad SMARTS) is 1. The summed E-state index contributed by atoms with van der Waals surface area (Å²) < 4.78 is 11.6. The molecule has 1 unspecified atom stereocenters. The fourth-order valence-corrected chi connectivity index (χ4v) is 4.11. The second-order valence-corrected chi connectivity index (χ2v) is 8.61. The molecule has 1 atom stereocenters. The standard InChI is InChI=1S/C20H22N2O5S2/c1-12(2)27-16-8-14(18(23)22-20-21-10-17(29-20)19(24)25)7-15(9-16)26-5-3-13-4-6-28-11-13/h4,6-9,11-12,17H,3,5,10H2,1-2H3,(H,24,25)(H,21,22,23). The van der Waals surface area contributed by atoms with Crippen molar-refractivity contribution in [1.29, 1.82) is 0 Å². The van der Waals surface area contributed by atoms with Crippen molar-refractivity contribution in [3.05, 3.63) is 46.2 Å². The van der Waals surface area contributed by atoms with Gasteiger partial charge < -0.3 is 19.9 Å². The number of nitrogens with one attached hydrogen (secondary N) is 1. The molecule has 0 radical (unpaired) electrons. The summed E-state index contributed by atoms with van der Waals surface area (Å²) >= 11 is 2.67. The lowest BCUT2D eigenvalue weighted by Gasteiger charge is -2.14. The third kappa shape index (κ3) is 6.23. The average molecular weight is 435 g/mol. The number of aliphatic imine (C=N–C) groups is 1. The Labute approximate surface area is 177 Å². The molecule has 0 saturated heterocycles. The molecule has 154 valence electrons. The van der Waals surface area contributed by atoms with Crippen LogP contribution in [0, 0.1) is 0 Å². The van der Waals surface area contributed by atoms with Crippen molar-refractivity contribution < 1.29 is 24.2 Å². The lowest BCUT2D eigenvalue weighted by Crippen LogP contribution is -2.28. The highest BCUT2D eigenvalue weighted by Crippen LogP contribution is 2.25. The van der Waals surface area contributed by atoms with E-state index in [4.69, 9.17) is 14.6 Å². The number of benzene rings is 1. The van der Waals surface area contributed by atoms with Crippen LogP contribution in [0.1, 0.15) is 29.8 Å². The molecule has 0 saturated carbocycles. The van der Waals surface area contributed by atoms with Gasteiger partial charge in [-0.1, -0.05) is 11.8 Å². The number of carbonyl (C=O) groups is 2. The zero-order chi connectivity index (χ0) is 20.8. The molecule has 1 aromatic carbocycles. The van der Waals surface area contributed by atoms with E-state index in [2.05, 4.69) is 21.8 Å². The predicted molar refractivity (Wildman–Crippen MR) is 115 cm³/mol. The molecule has 2 heterocycles. The highest BCUT2D eigenvalue weighted by molar-refractivity contribution is 8.15. The predicted octanol–water partition coefficient (Wildman–Crippen LogP) is 3.44. The van der Waals surface area contributed by atoms with Gasteiger partial charge in [-0.25, -0.2) is 0 Å². The van der Waals surface area contributed by atoms with Gasteiger partial charge in [0.25, 0.3) is 5.91 Å². The molecule has 0 bridgehead atoms. The number of rotatable bonds is 8. The Morgan fingerprint density at radius 1 is 1.31 bits per heavy atom. The van der Waals surface area contributed by atoms with Crippen LogP contribution < -0.4 is 14.8 Å². The highest BCUT2D eigenvalue weighted by Gasteiger charge is 2.27. The molecule has 3 rings (SSSR count). The molecule has 1 aliphatic heterocycles. The number of carboxylic acids is 1. The minimum absolute atomic E-state index is 0.0574. The second-order valence-electron chi connectivity index (χ2n) is 6.63. The minimum atomic E-state index is -0.948. The van der Waals surface area contributed by atoms with Gasteiger partial charge in [-0.3, -0.25) is 14.6 Å². The number of thiophene rings is 1. The first kappa shape index (κ1) is 21.2. The van der Waals surface area contributed by atoms with E-state index in [0.29, 0.717) is 28.8 Å². The number of nitrogens with zero attached hydrogens (tertiary/aromatic N) is 1. The van der Waals surface area contributed by atoms with E-state index in [1.165, 1.54) is 5.56 Å². The van der Waals surface area contributed by atoms with Gasteiger partial charge in [0.05, 0.1) is 19.3 Å². The molecule has 29 heavy (non-hydrogen) atoms. The summed E-state index contributed by atoms with van der Waals surface area (Å²) in [6.45, 7) is 4.43. The minimum Gasteiger partial charge on any atom is -0.493 e. The van der Waals surface area contributed by atoms with Crippen LogP contribution in [-0.2, 0) is 11.2 Å². The summed E-state index contributed by atoms with van der Waals surface area (Å²) in [5, 5.41) is 15.4. The number of ether oxygens (including phenoxy) is 2. The second kappa shape index (κ2) is 9.80. The first-order valence-corrected chi connectivity index (χ1v) is 10.9. The summed E-state index contributed by atoms with van der Waals surface area (Å²) in [4.78, 5) is 27.8. The Hall–Kier alpha value is -2.52. The molecule has 7 nitrogen and oxygen atoms in total. The van der Waals surface area contributed by atoms with Gasteiger partial charge in [0.2, 0.25) is 0 Å². The zero-order valence-electron chi connectivity index (χ0n) is 16.1. The fraction of sp³-hybridized carbons (Fsp3) is 0.350. The number of amidine groups is 1. The number of hydrogen-bond donors (Lipinski definition) is 2. The first-order chi connectivity index (χ1) is 13.9. The number of hydrogen-bond acceptors (Lipinski definition) is 7. The van der Waals surface area contributed by atoms with Crippen LogP contribution in [-0.4, -0.2) is 46.7 Å². The molecule has 1 amide bonds. The number of thioether (sulfide) groups is 1. The molecular formula is C20H22N2O5S2. The van der Waals surface area contributed by atoms with Crippen LogP contribution >= 0.6 is 23.1 Å². The van der Waals surface area contributed by atoms with Crippen LogP contribution in [0.25, 0.3) is 0 Å². The van der Waals surface area contributed by atoms with Gasteiger partial charge in [-0.2, -0.15) is 11.3 Å². The highest BCUT2D eigenvalue weighted by atomic mass is 32.2. The van der Waals surface area contributed by atoms with Crippen molar-refractivity contribution in [2.75, 3.05) is 13.2 Å². The Bertz CT molecular complexity index is 896. The lowest BCUT2D eigenvalue weighted by atomic mass is 10.2. The summed E-state index contributed by atoms with van der Waals surface area (Å²) in [7, 11) is 0. The molecule has 9 heteroatoms. The van der Waals surface area contributed by atoms with E-state index >= 15 is 0 Å². The molecule has 2 aromatic rings. The van der Waals surface area contributed by atoms with Gasteiger partial charge in [0.1, 0.15) is 16.7 Å². The van der Waals surface area contributed by atoms with E-state index in [1.807, 2.05) is 19.2 Å². The molecule has 0 aliphatic carbocycles. The summed E-state index contributed by atoms with van der Waals surface area (Å²) in [6.07, 6.45) is 0.711. The average Bonchev–Trinajstić information content (AvgIpc) is 3.33. The monoisotopic (exact) mass is 434 g/mol. The maximum atomic E-state index is 12.7. The van der Waals surface area contributed by atoms with Crippen molar-refractivity contribution in [3.63, 3.8) is 0 Å². The third-order valence-electron chi connectivity index (χ3n) is 3.90. The third-order valence-corrected chi connectivity index (χ3v) is 5.73. The maximum Gasteiger partial charge on any atom is 0.319 e. The summed E-state index contributed by atoms with van der Waals surface area (Å²) in [5.41, 5.74) is 1.56. The Balaban J connectivity index is 1.68. The Morgan fingerprint density at radius 2 is 2.10 bits per heavy atom. The SMILES string of the molecule is CC(C)Oc1cc(OCCc2ccsc2)cc(C(=O)NC2=NCC(C(=O)O)S2)c1. The molecule has 1 aliphatic rings. The first-order valence-electron chi connectivity index (χ1n) is 9.11. The van der Waals surface area contributed by atoms with Crippen molar-refractivity contribution in [2.45, 2.75) is 31.6 Å².